The number of nitrogens with two attached hydrogens (primary N) is 1. The van der Waals surface area contributed by atoms with Crippen molar-refractivity contribution in [1.82, 2.24) is 9.78 Å². The Bertz CT molecular complexity index is 414. The highest BCUT2D eigenvalue weighted by atomic mass is 35.5. The highest BCUT2D eigenvalue weighted by Crippen LogP contribution is 2.13. The molecule has 0 unspecified atom stereocenters. The Morgan fingerprint density at radius 3 is 2.50 bits per heavy atom. The normalized spacial score (nSPS) is 9.44. The van der Waals surface area contributed by atoms with Crippen LogP contribution in [0.25, 0.3) is 0 Å². The van der Waals surface area contributed by atoms with Crippen molar-refractivity contribution in [3.05, 3.63) is 17.0 Å². The van der Waals surface area contributed by atoms with Crippen molar-refractivity contribution < 1.29 is 9.53 Å². The Morgan fingerprint density at radius 2 is 2.12 bits per heavy atom. The monoisotopic (exact) mass is 246 g/mol. The minimum absolute atomic E-state index is 0. The standard InChI is InChI=1S/C9H14N4O2.ClH/c1-5-7(4-8(14)15-3)6(2)13(12-5)9(10)11;/h4H2,1-3H3,(H3,10,11);1H. The number of hydrogen-bond donors (Lipinski definition) is 2. The second kappa shape index (κ2) is 5.50. The molecule has 0 fully saturated rings. The third-order valence-electron chi connectivity index (χ3n) is 2.22. The number of aryl methyl sites for hydroxylation is 1. The predicted octanol–water partition coefficient (Wildman–Crippen LogP) is 0.379. The van der Waals surface area contributed by atoms with Gasteiger partial charge < -0.3 is 10.5 Å². The summed E-state index contributed by atoms with van der Waals surface area (Å²) in [6, 6.07) is 0. The highest BCUT2D eigenvalue weighted by molar-refractivity contribution is 5.85. The van der Waals surface area contributed by atoms with E-state index in [2.05, 4.69) is 9.84 Å². The van der Waals surface area contributed by atoms with Crippen LogP contribution in [0.1, 0.15) is 17.0 Å². The molecule has 90 valence electrons. The van der Waals surface area contributed by atoms with Crippen molar-refractivity contribution >= 4 is 24.3 Å². The summed E-state index contributed by atoms with van der Waals surface area (Å²) in [6.07, 6.45) is 0.154. The second-order valence-corrected chi connectivity index (χ2v) is 3.20. The van der Waals surface area contributed by atoms with Crippen molar-refractivity contribution in [2.45, 2.75) is 20.3 Å². The molecule has 0 aromatic carbocycles. The molecule has 7 heteroatoms. The summed E-state index contributed by atoms with van der Waals surface area (Å²) in [5, 5.41) is 11.3. The van der Waals surface area contributed by atoms with Gasteiger partial charge in [-0.3, -0.25) is 10.2 Å². The van der Waals surface area contributed by atoms with Gasteiger partial charge in [-0.05, 0) is 13.8 Å². The van der Waals surface area contributed by atoms with Gasteiger partial charge in [0.25, 0.3) is 0 Å². The summed E-state index contributed by atoms with van der Waals surface area (Å²) >= 11 is 0. The SMILES string of the molecule is COC(=O)Cc1c(C)nn(C(=N)N)c1C.Cl. The molecule has 3 N–H and O–H groups in total. The number of esters is 1. The van der Waals surface area contributed by atoms with Gasteiger partial charge in [-0.2, -0.15) is 5.10 Å². The number of ether oxygens (including phenoxy) is 1. The van der Waals surface area contributed by atoms with E-state index in [1.54, 1.807) is 13.8 Å². The lowest BCUT2D eigenvalue weighted by Crippen LogP contribution is -2.23. The van der Waals surface area contributed by atoms with Crippen molar-refractivity contribution in [2.24, 2.45) is 5.73 Å². The van der Waals surface area contributed by atoms with Crippen LogP contribution in [-0.2, 0) is 16.0 Å². The van der Waals surface area contributed by atoms with Crippen molar-refractivity contribution in [2.75, 3.05) is 7.11 Å². The second-order valence-electron chi connectivity index (χ2n) is 3.20. The van der Waals surface area contributed by atoms with Crippen LogP contribution < -0.4 is 5.73 Å². The van der Waals surface area contributed by atoms with Gasteiger partial charge in [0.2, 0.25) is 5.96 Å². The predicted molar refractivity (Wildman–Crippen MR) is 62.0 cm³/mol. The number of rotatable bonds is 2. The molecule has 0 spiro atoms. The minimum atomic E-state index is -0.329. The van der Waals surface area contributed by atoms with Crippen LogP contribution in [0.2, 0.25) is 0 Å². The van der Waals surface area contributed by atoms with Gasteiger partial charge in [0, 0.05) is 11.3 Å². The van der Waals surface area contributed by atoms with Crippen molar-refractivity contribution in [3.8, 4) is 0 Å². The van der Waals surface area contributed by atoms with Gasteiger partial charge in [-0.1, -0.05) is 0 Å². The van der Waals surface area contributed by atoms with E-state index < -0.39 is 0 Å². The first-order chi connectivity index (χ1) is 6.97. The zero-order valence-electron chi connectivity index (χ0n) is 9.40. The molecule has 1 aromatic heterocycles. The number of methoxy groups -OCH3 is 1. The van der Waals surface area contributed by atoms with E-state index >= 15 is 0 Å². The zero-order valence-corrected chi connectivity index (χ0v) is 10.2. The molecule has 1 aromatic rings. The van der Waals surface area contributed by atoms with Crippen LogP contribution in [0, 0.1) is 19.3 Å². The van der Waals surface area contributed by atoms with Crippen LogP contribution in [-0.4, -0.2) is 28.8 Å². The fourth-order valence-corrected chi connectivity index (χ4v) is 1.38. The summed E-state index contributed by atoms with van der Waals surface area (Å²) < 4.78 is 5.87. The van der Waals surface area contributed by atoms with E-state index in [1.807, 2.05) is 0 Å². The zero-order chi connectivity index (χ0) is 11.6. The third-order valence-corrected chi connectivity index (χ3v) is 2.22. The smallest absolute Gasteiger partial charge is 0.310 e. The average Bonchev–Trinajstić information content (AvgIpc) is 2.45. The number of carbonyl (C=O) groups excluding carboxylic acids is 1. The molecule has 16 heavy (non-hydrogen) atoms. The Hall–Kier alpha value is -1.56. The first kappa shape index (κ1) is 14.4. The van der Waals surface area contributed by atoms with Gasteiger partial charge in [-0.15, -0.1) is 12.4 Å². The van der Waals surface area contributed by atoms with E-state index in [-0.39, 0.29) is 30.8 Å². The number of aromatic nitrogens is 2. The quantitative estimate of drug-likeness (QED) is 0.448. The molecule has 0 radical (unpaired) electrons. The fraction of sp³-hybridized carbons (Fsp3) is 0.444. The lowest BCUT2D eigenvalue weighted by molar-refractivity contribution is -0.139. The summed E-state index contributed by atoms with van der Waals surface area (Å²) in [6.45, 7) is 3.53. The molecule has 1 rings (SSSR count). The topological polar surface area (TPSA) is 94.0 Å². The minimum Gasteiger partial charge on any atom is -0.469 e. The molecule has 0 aliphatic carbocycles. The molecule has 1 heterocycles. The molecule has 0 amide bonds. The van der Waals surface area contributed by atoms with Crippen LogP contribution >= 0.6 is 12.4 Å². The Balaban J connectivity index is 0.00000225. The van der Waals surface area contributed by atoms with Crippen LogP contribution in [0.3, 0.4) is 0 Å². The van der Waals surface area contributed by atoms with E-state index in [9.17, 15) is 4.79 Å². The highest BCUT2D eigenvalue weighted by Gasteiger charge is 2.15. The van der Waals surface area contributed by atoms with Gasteiger partial charge in [0.1, 0.15) is 0 Å². The Morgan fingerprint density at radius 1 is 1.56 bits per heavy atom. The lowest BCUT2D eigenvalue weighted by atomic mass is 10.1. The van der Waals surface area contributed by atoms with Gasteiger partial charge in [0.05, 0.1) is 19.2 Å². The number of nitrogens with zero attached hydrogens (tertiary/aromatic N) is 2. The maximum Gasteiger partial charge on any atom is 0.310 e. The molecule has 6 nitrogen and oxygen atoms in total. The number of nitrogens with one attached hydrogen (secondary N) is 1. The van der Waals surface area contributed by atoms with Crippen molar-refractivity contribution in [1.29, 1.82) is 5.41 Å². The molecule has 0 saturated carbocycles. The van der Waals surface area contributed by atoms with Crippen molar-refractivity contribution in [3.63, 3.8) is 0 Å². The summed E-state index contributed by atoms with van der Waals surface area (Å²) in [7, 11) is 1.34. The molecule has 0 atom stereocenters. The van der Waals surface area contributed by atoms with Crippen LogP contribution in [0.15, 0.2) is 0 Å². The van der Waals surface area contributed by atoms with E-state index in [0.717, 1.165) is 5.56 Å². The molecule has 0 aliphatic heterocycles. The third kappa shape index (κ3) is 2.73. The summed E-state index contributed by atoms with van der Waals surface area (Å²) in [4.78, 5) is 11.1. The maximum atomic E-state index is 11.1. The molecule has 0 saturated heterocycles. The van der Waals surface area contributed by atoms with E-state index in [4.69, 9.17) is 11.1 Å². The molecular weight excluding hydrogens is 232 g/mol. The summed E-state index contributed by atoms with van der Waals surface area (Å²) in [5.41, 5.74) is 7.48. The molecule has 0 aliphatic rings. The van der Waals surface area contributed by atoms with Crippen LogP contribution in [0.4, 0.5) is 0 Å². The first-order valence-corrected chi connectivity index (χ1v) is 4.43. The summed E-state index contributed by atoms with van der Waals surface area (Å²) in [5.74, 6) is -0.490. The molecule has 0 bridgehead atoms. The van der Waals surface area contributed by atoms with E-state index in [0.29, 0.717) is 11.4 Å². The van der Waals surface area contributed by atoms with E-state index in [1.165, 1.54) is 11.8 Å². The number of nitrogen functional groups attached to an aromatic ring is 1. The number of halogens is 1. The largest absolute Gasteiger partial charge is 0.469 e. The first-order valence-electron chi connectivity index (χ1n) is 4.43. The van der Waals surface area contributed by atoms with Gasteiger partial charge >= 0.3 is 5.97 Å². The van der Waals surface area contributed by atoms with Gasteiger partial charge in [0.15, 0.2) is 0 Å². The lowest BCUT2D eigenvalue weighted by Gasteiger charge is -2.01. The number of carbonyl (C=O) groups is 1. The van der Waals surface area contributed by atoms with Gasteiger partial charge in [-0.25, -0.2) is 4.68 Å². The Labute approximate surface area is 99.7 Å². The molecular formula is C9H15ClN4O2. The fourth-order valence-electron chi connectivity index (χ4n) is 1.38. The number of hydrogen-bond acceptors (Lipinski definition) is 4. The van der Waals surface area contributed by atoms with Crippen LogP contribution in [0.5, 0.6) is 0 Å². The Kier molecular flexibility index (Phi) is 4.97. The average molecular weight is 247 g/mol. The maximum absolute atomic E-state index is 11.1.